The number of amides is 3. The molecule has 0 fully saturated rings. The van der Waals surface area contributed by atoms with Gasteiger partial charge < -0.3 is 16.4 Å². The van der Waals surface area contributed by atoms with Crippen LogP contribution in [0.5, 0.6) is 0 Å². The van der Waals surface area contributed by atoms with Crippen LogP contribution in [0.3, 0.4) is 0 Å². The molecule has 6 heteroatoms. The van der Waals surface area contributed by atoms with E-state index in [1.54, 1.807) is 42.5 Å². The third-order valence-electron chi connectivity index (χ3n) is 3.27. The monoisotopic (exact) mass is 315 g/mol. The Bertz CT molecular complexity index is 704. The van der Waals surface area contributed by atoms with Gasteiger partial charge in [0.2, 0.25) is 5.91 Å². The van der Waals surface area contributed by atoms with Crippen molar-refractivity contribution in [2.24, 2.45) is 5.73 Å². The first-order valence-corrected chi connectivity index (χ1v) is 7.20. The van der Waals surface area contributed by atoms with Crippen LogP contribution in [0, 0.1) is 5.82 Å². The molecule has 0 radical (unpaired) electrons. The summed E-state index contributed by atoms with van der Waals surface area (Å²) < 4.78 is 13.5. The first-order valence-electron chi connectivity index (χ1n) is 7.20. The lowest BCUT2D eigenvalue weighted by molar-refractivity contribution is -0.117. The predicted molar refractivity (Wildman–Crippen MR) is 86.5 cm³/mol. The molecule has 0 atom stereocenters. The fraction of sp³-hybridized carbons (Fsp3) is 0.176. The molecule has 0 aliphatic carbocycles. The minimum atomic E-state index is -0.473. The molecule has 0 heterocycles. The van der Waals surface area contributed by atoms with E-state index in [1.165, 1.54) is 6.07 Å². The van der Waals surface area contributed by atoms with E-state index in [9.17, 15) is 14.0 Å². The maximum Gasteiger partial charge on any atom is 0.319 e. The third kappa shape index (κ3) is 5.10. The summed E-state index contributed by atoms with van der Waals surface area (Å²) in [5, 5.41) is 5.32. The molecule has 5 nitrogen and oxygen atoms in total. The van der Waals surface area contributed by atoms with Crippen LogP contribution >= 0.6 is 0 Å². The number of benzene rings is 2. The van der Waals surface area contributed by atoms with Gasteiger partial charge in [0.1, 0.15) is 5.82 Å². The number of carbonyl (C=O) groups is 2. The van der Waals surface area contributed by atoms with E-state index in [1.807, 2.05) is 0 Å². The van der Waals surface area contributed by atoms with Gasteiger partial charge in [-0.25, -0.2) is 9.18 Å². The lowest BCUT2D eigenvalue weighted by Gasteiger charge is -2.11. The van der Waals surface area contributed by atoms with E-state index in [4.69, 9.17) is 5.73 Å². The van der Waals surface area contributed by atoms with E-state index in [0.29, 0.717) is 29.8 Å². The molecule has 0 saturated heterocycles. The van der Waals surface area contributed by atoms with Crippen molar-refractivity contribution in [3.05, 3.63) is 65.5 Å². The number of nitrogens with one attached hydrogen (secondary N) is 2. The molecule has 0 spiro atoms. The Kier molecular flexibility index (Phi) is 5.68. The number of primary amides is 1. The number of anilines is 1. The standard InChI is InChI=1S/C17H18FN3O2/c18-14-7-3-1-5-12(14)9-10-20-17(23)21-15-8-4-2-6-13(15)11-16(19)22/h1-8H,9-11H2,(H2,19,22)(H2,20,21,23). The molecule has 0 bridgehead atoms. The van der Waals surface area contributed by atoms with Crippen molar-refractivity contribution in [2.75, 3.05) is 11.9 Å². The summed E-state index contributed by atoms with van der Waals surface area (Å²) >= 11 is 0. The lowest BCUT2D eigenvalue weighted by Crippen LogP contribution is -2.31. The average molecular weight is 315 g/mol. The third-order valence-corrected chi connectivity index (χ3v) is 3.27. The zero-order valence-corrected chi connectivity index (χ0v) is 12.5. The van der Waals surface area contributed by atoms with Crippen LogP contribution in [0.4, 0.5) is 14.9 Å². The first kappa shape index (κ1) is 16.5. The van der Waals surface area contributed by atoms with E-state index >= 15 is 0 Å². The van der Waals surface area contributed by atoms with Crippen LogP contribution in [0.1, 0.15) is 11.1 Å². The van der Waals surface area contributed by atoms with Crippen molar-refractivity contribution in [1.29, 1.82) is 0 Å². The Hall–Kier alpha value is -2.89. The number of para-hydroxylation sites is 1. The van der Waals surface area contributed by atoms with Gasteiger partial charge in [0, 0.05) is 12.2 Å². The summed E-state index contributed by atoms with van der Waals surface area (Å²) in [6, 6.07) is 12.9. The minimum absolute atomic E-state index is 0.0473. The molecule has 120 valence electrons. The summed E-state index contributed by atoms with van der Waals surface area (Å²) in [6.07, 6.45) is 0.439. The van der Waals surface area contributed by atoms with Gasteiger partial charge in [0.05, 0.1) is 6.42 Å². The maximum atomic E-state index is 13.5. The second-order valence-corrected chi connectivity index (χ2v) is 5.02. The molecule has 0 saturated carbocycles. The molecule has 0 unspecified atom stereocenters. The predicted octanol–water partition coefficient (Wildman–Crippen LogP) is 2.22. The van der Waals surface area contributed by atoms with Crippen molar-refractivity contribution >= 4 is 17.6 Å². The van der Waals surface area contributed by atoms with Crippen molar-refractivity contribution in [3.63, 3.8) is 0 Å². The highest BCUT2D eigenvalue weighted by molar-refractivity contribution is 5.91. The highest BCUT2D eigenvalue weighted by Gasteiger charge is 2.08. The number of hydrogen-bond acceptors (Lipinski definition) is 2. The second kappa shape index (κ2) is 7.93. The quantitative estimate of drug-likeness (QED) is 0.763. The zero-order valence-electron chi connectivity index (χ0n) is 12.5. The zero-order chi connectivity index (χ0) is 16.7. The molecule has 0 aliphatic heterocycles. The lowest BCUT2D eigenvalue weighted by atomic mass is 10.1. The molecule has 2 aromatic rings. The van der Waals surface area contributed by atoms with Crippen LogP contribution in [-0.4, -0.2) is 18.5 Å². The molecule has 2 aromatic carbocycles. The van der Waals surface area contributed by atoms with Gasteiger partial charge in [-0.3, -0.25) is 4.79 Å². The Morgan fingerprint density at radius 3 is 2.35 bits per heavy atom. The number of halogens is 1. The Morgan fingerprint density at radius 2 is 1.65 bits per heavy atom. The highest BCUT2D eigenvalue weighted by atomic mass is 19.1. The maximum absolute atomic E-state index is 13.5. The average Bonchev–Trinajstić information content (AvgIpc) is 2.51. The normalized spacial score (nSPS) is 10.1. The summed E-state index contributed by atoms with van der Waals surface area (Å²) in [7, 11) is 0. The van der Waals surface area contributed by atoms with Gasteiger partial charge in [0.25, 0.3) is 0 Å². The fourth-order valence-electron chi connectivity index (χ4n) is 2.16. The summed E-state index contributed by atoms with van der Waals surface area (Å²) in [5.74, 6) is -0.763. The van der Waals surface area contributed by atoms with E-state index in [2.05, 4.69) is 10.6 Å². The highest BCUT2D eigenvalue weighted by Crippen LogP contribution is 2.15. The fourth-order valence-corrected chi connectivity index (χ4v) is 2.16. The van der Waals surface area contributed by atoms with Crippen LogP contribution in [-0.2, 0) is 17.6 Å². The Labute approximate surface area is 133 Å². The van der Waals surface area contributed by atoms with E-state index in [-0.39, 0.29) is 12.2 Å². The van der Waals surface area contributed by atoms with Crippen molar-refractivity contribution in [3.8, 4) is 0 Å². The Balaban J connectivity index is 1.88. The minimum Gasteiger partial charge on any atom is -0.369 e. The topological polar surface area (TPSA) is 84.2 Å². The van der Waals surface area contributed by atoms with Crippen LogP contribution in [0.25, 0.3) is 0 Å². The number of carbonyl (C=O) groups excluding carboxylic acids is 2. The number of hydrogen-bond donors (Lipinski definition) is 3. The van der Waals surface area contributed by atoms with Crippen LogP contribution in [0.2, 0.25) is 0 Å². The van der Waals surface area contributed by atoms with Crippen molar-refractivity contribution in [1.82, 2.24) is 5.32 Å². The molecule has 2 rings (SSSR count). The van der Waals surface area contributed by atoms with Gasteiger partial charge in [-0.1, -0.05) is 36.4 Å². The number of rotatable bonds is 6. The van der Waals surface area contributed by atoms with Gasteiger partial charge in [0.15, 0.2) is 0 Å². The first-order chi connectivity index (χ1) is 11.1. The van der Waals surface area contributed by atoms with Crippen molar-refractivity contribution < 1.29 is 14.0 Å². The molecule has 3 amide bonds. The summed E-state index contributed by atoms with van der Waals surface area (Å²) in [5.41, 5.74) is 6.89. The molecule has 0 aromatic heterocycles. The number of urea groups is 1. The molecular weight excluding hydrogens is 297 g/mol. The van der Waals surface area contributed by atoms with Gasteiger partial charge in [-0.15, -0.1) is 0 Å². The van der Waals surface area contributed by atoms with Crippen LogP contribution in [0.15, 0.2) is 48.5 Å². The van der Waals surface area contributed by atoms with Crippen molar-refractivity contribution in [2.45, 2.75) is 12.8 Å². The molecular formula is C17H18FN3O2. The second-order valence-electron chi connectivity index (χ2n) is 5.02. The summed E-state index contributed by atoms with van der Waals surface area (Å²) in [4.78, 5) is 22.9. The smallest absolute Gasteiger partial charge is 0.319 e. The number of nitrogens with two attached hydrogens (primary N) is 1. The molecule has 0 aliphatic rings. The Morgan fingerprint density at radius 1 is 1.00 bits per heavy atom. The van der Waals surface area contributed by atoms with E-state index in [0.717, 1.165) is 0 Å². The van der Waals surface area contributed by atoms with Gasteiger partial charge in [-0.05, 0) is 29.7 Å². The largest absolute Gasteiger partial charge is 0.369 e. The summed E-state index contributed by atoms with van der Waals surface area (Å²) in [6.45, 7) is 0.296. The van der Waals surface area contributed by atoms with Crippen LogP contribution < -0.4 is 16.4 Å². The van der Waals surface area contributed by atoms with E-state index < -0.39 is 11.9 Å². The SMILES string of the molecule is NC(=O)Cc1ccccc1NC(=O)NCCc1ccccc1F. The van der Waals surface area contributed by atoms with Gasteiger partial charge in [-0.2, -0.15) is 0 Å². The molecule has 4 N–H and O–H groups in total. The molecule has 23 heavy (non-hydrogen) atoms. The van der Waals surface area contributed by atoms with Gasteiger partial charge >= 0.3 is 6.03 Å².